The molecule has 0 spiro atoms. The van der Waals surface area contributed by atoms with Crippen LogP contribution in [0.1, 0.15) is 30.8 Å². The molecule has 0 bridgehead atoms. The molecular formula is C11H15BrN4O. The number of rotatable bonds is 5. The highest BCUT2D eigenvalue weighted by Gasteiger charge is 2.20. The van der Waals surface area contributed by atoms with Crippen molar-refractivity contribution in [2.45, 2.75) is 19.4 Å². The standard InChI is InChI=1S/C11H15BrN4O/c1-3-6-13-11(8-7-14-15-16(8)2)9-4-5-10(12)17-9/h4-5,7,11,13H,3,6H2,1-2H3. The van der Waals surface area contributed by atoms with E-state index in [4.69, 9.17) is 4.42 Å². The molecule has 17 heavy (non-hydrogen) atoms. The Hall–Kier alpha value is -1.14. The van der Waals surface area contributed by atoms with Crippen molar-refractivity contribution in [3.63, 3.8) is 0 Å². The fraction of sp³-hybridized carbons (Fsp3) is 0.455. The highest BCUT2D eigenvalue weighted by molar-refractivity contribution is 9.10. The number of nitrogens with zero attached hydrogens (tertiary/aromatic N) is 3. The Morgan fingerprint density at radius 3 is 2.88 bits per heavy atom. The second-order valence-electron chi connectivity index (χ2n) is 3.81. The third kappa shape index (κ3) is 2.76. The summed E-state index contributed by atoms with van der Waals surface area (Å²) in [5.74, 6) is 0.857. The van der Waals surface area contributed by atoms with Gasteiger partial charge in [-0.1, -0.05) is 12.1 Å². The highest BCUT2D eigenvalue weighted by Crippen LogP contribution is 2.25. The van der Waals surface area contributed by atoms with Crippen LogP contribution in [0.2, 0.25) is 0 Å². The minimum Gasteiger partial charge on any atom is -0.452 e. The van der Waals surface area contributed by atoms with Crippen LogP contribution in [0.3, 0.4) is 0 Å². The van der Waals surface area contributed by atoms with Crippen LogP contribution in [0.25, 0.3) is 0 Å². The lowest BCUT2D eigenvalue weighted by Crippen LogP contribution is -2.24. The number of hydrogen-bond acceptors (Lipinski definition) is 4. The van der Waals surface area contributed by atoms with Crippen molar-refractivity contribution < 1.29 is 4.42 Å². The first-order chi connectivity index (χ1) is 8.22. The molecule has 0 radical (unpaired) electrons. The average molecular weight is 299 g/mol. The van der Waals surface area contributed by atoms with Gasteiger partial charge in [0.05, 0.1) is 11.9 Å². The molecule has 1 N–H and O–H groups in total. The summed E-state index contributed by atoms with van der Waals surface area (Å²) in [6.07, 6.45) is 2.81. The summed E-state index contributed by atoms with van der Waals surface area (Å²) < 4.78 is 8.09. The maximum absolute atomic E-state index is 5.61. The number of hydrogen-bond donors (Lipinski definition) is 1. The van der Waals surface area contributed by atoms with E-state index in [9.17, 15) is 0 Å². The summed E-state index contributed by atoms with van der Waals surface area (Å²) in [4.78, 5) is 0. The van der Waals surface area contributed by atoms with Crippen LogP contribution in [-0.2, 0) is 7.05 Å². The SMILES string of the molecule is CCCNC(c1ccc(Br)o1)c1cnnn1C. The van der Waals surface area contributed by atoms with Gasteiger partial charge in [-0.2, -0.15) is 0 Å². The molecule has 0 aliphatic heterocycles. The fourth-order valence-electron chi connectivity index (χ4n) is 1.68. The predicted molar refractivity (Wildman–Crippen MR) is 67.5 cm³/mol. The maximum Gasteiger partial charge on any atom is 0.169 e. The molecule has 0 fully saturated rings. The van der Waals surface area contributed by atoms with Crippen LogP contribution >= 0.6 is 15.9 Å². The van der Waals surface area contributed by atoms with E-state index in [2.05, 4.69) is 38.5 Å². The first-order valence-corrected chi connectivity index (χ1v) is 6.35. The molecule has 0 amide bonds. The highest BCUT2D eigenvalue weighted by atomic mass is 79.9. The lowest BCUT2D eigenvalue weighted by molar-refractivity contribution is 0.420. The van der Waals surface area contributed by atoms with Gasteiger partial charge in [-0.3, -0.25) is 4.68 Å². The molecule has 2 rings (SSSR count). The van der Waals surface area contributed by atoms with Crippen LogP contribution in [0.15, 0.2) is 27.4 Å². The number of aromatic nitrogens is 3. The summed E-state index contributed by atoms with van der Waals surface area (Å²) >= 11 is 3.32. The summed E-state index contributed by atoms with van der Waals surface area (Å²) in [5, 5.41) is 11.3. The van der Waals surface area contributed by atoms with Crippen molar-refractivity contribution in [1.82, 2.24) is 20.3 Å². The van der Waals surface area contributed by atoms with Gasteiger partial charge in [-0.25, -0.2) is 0 Å². The second kappa shape index (κ2) is 5.46. The van der Waals surface area contributed by atoms with Gasteiger partial charge < -0.3 is 9.73 Å². The summed E-state index contributed by atoms with van der Waals surface area (Å²) in [7, 11) is 1.88. The van der Waals surface area contributed by atoms with Crippen molar-refractivity contribution in [3.05, 3.63) is 34.5 Å². The average Bonchev–Trinajstić information content (AvgIpc) is 2.90. The minimum absolute atomic E-state index is 0.0127. The Kier molecular flexibility index (Phi) is 3.96. The van der Waals surface area contributed by atoms with Gasteiger partial charge in [-0.05, 0) is 41.0 Å². The van der Waals surface area contributed by atoms with Crippen LogP contribution < -0.4 is 5.32 Å². The van der Waals surface area contributed by atoms with Gasteiger partial charge in [0.1, 0.15) is 11.8 Å². The van der Waals surface area contributed by atoms with Gasteiger partial charge in [0.2, 0.25) is 0 Å². The molecule has 0 saturated heterocycles. The van der Waals surface area contributed by atoms with Crippen molar-refractivity contribution in [3.8, 4) is 0 Å². The first kappa shape index (κ1) is 12.3. The lowest BCUT2D eigenvalue weighted by atomic mass is 10.1. The quantitative estimate of drug-likeness (QED) is 0.920. The van der Waals surface area contributed by atoms with E-state index in [0.717, 1.165) is 29.1 Å². The molecule has 0 saturated carbocycles. The maximum atomic E-state index is 5.61. The van der Waals surface area contributed by atoms with E-state index in [1.807, 2.05) is 19.2 Å². The van der Waals surface area contributed by atoms with E-state index in [1.165, 1.54) is 0 Å². The third-order valence-corrected chi connectivity index (χ3v) is 2.95. The van der Waals surface area contributed by atoms with Crippen molar-refractivity contribution in [1.29, 1.82) is 0 Å². The van der Waals surface area contributed by atoms with Crippen LogP contribution in [0.5, 0.6) is 0 Å². The number of furan rings is 1. The van der Waals surface area contributed by atoms with Gasteiger partial charge >= 0.3 is 0 Å². The third-order valence-electron chi connectivity index (χ3n) is 2.52. The normalized spacial score (nSPS) is 12.9. The fourth-order valence-corrected chi connectivity index (χ4v) is 2.00. The van der Waals surface area contributed by atoms with E-state index < -0.39 is 0 Å². The van der Waals surface area contributed by atoms with Crippen LogP contribution in [-0.4, -0.2) is 21.5 Å². The van der Waals surface area contributed by atoms with Gasteiger partial charge in [-0.15, -0.1) is 5.10 Å². The van der Waals surface area contributed by atoms with Gasteiger partial charge in [0.25, 0.3) is 0 Å². The Morgan fingerprint density at radius 1 is 1.53 bits per heavy atom. The zero-order valence-corrected chi connectivity index (χ0v) is 11.4. The van der Waals surface area contributed by atoms with Gasteiger partial charge in [0.15, 0.2) is 4.67 Å². The Balaban J connectivity index is 2.28. The first-order valence-electron chi connectivity index (χ1n) is 5.55. The molecule has 5 nitrogen and oxygen atoms in total. The molecule has 0 aliphatic rings. The predicted octanol–water partition coefficient (Wildman–Crippen LogP) is 2.26. The zero-order valence-electron chi connectivity index (χ0n) is 9.85. The minimum atomic E-state index is -0.0127. The monoisotopic (exact) mass is 298 g/mol. The van der Waals surface area contributed by atoms with Gasteiger partial charge in [0, 0.05) is 7.05 Å². The number of aryl methyl sites for hydroxylation is 1. The molecule has 6 heteroatoms. The molecule has 92 valence electrons. The van der Waals surface area contributed by atoms with Crippen LogP contribution in [0.4, 0.5) is 0 Å². The van der Waals surface area contributed by atoms with Crippen molar-refractivity contribution in [2.75, 3.05) is 6.54 Å². The lowest BCUT2D eigenvalue weighted by Gasteiger charge is -2.15. The molecule has 1 atom stereocenters. The summed E-state index contributed by atoms with van der Waals surface area (Å²) in [5.41, 5.74) is 0.986. The largest absolute Gasteiger partial charge is 0.452 e. The van der Waals surface area contributed by atoms with Crippen molar-refractivity contribution >= 4 is 15.9 Å². The summed E-state index contributed by atoms with van der Waals surface area (Å²) in [6, 6.07) is 3.82. The summed E-state index contributed by atoms with van der Waals surface area (Å²) in [6.45, 7) is 3.04. The molecule has 1 unspecified atom stereocenters. The van der Waals surface area contributed by atoms with E-state index >= 15 is 0 Å². The van der Waals surface area contributed by atoms with E-state index in [1.54, 1.807) is 10.9 Å². The number of halogens is 1. The Morgan fingerprint density at radius 2 is 2.35 bits per heavy atom. The molecule has 2 heterocycles. The van der Waals surface area contributed by atoms with Crippen molar-refractivity contribution in [2.24, 2.45) is 7.05 Å². The van der Waals surface area contributed by atoms with Crippen LogP contribution in [0, 0.1) is 0 Å². The molecule has 2 aromatic rings. The molecular weight excluding hydrogens is 284 g/mol. The topological polar surface area (TPSA) is 55.9 Å². The Labute approximate surface area is 108 Å². The Bertz CT molecular complexity index is 479. The smallest absolute Gasteiger partial charge is 0.169 e. The zero-order chi connectivity index (χ0) is 12.3. The number of nitrogens with one attached hydrogen (secondary N) is 1. The van der Waals surface area contributed by atoms with E-state index in [0.29, 0.717) is 0 Å². The molecule has 0 aliphatic carbocycles. The molecule has 2 aromatic heterocycles. The second-order valence-corrected chi connectivity index (χ2v) is 4.59. The van der Waals surface area contributed by atoms with E-state index in [-0.39, 0.29) is 6.04 Å². The molecule has 0 aromatic carbocycles.